The third-order valence-electron chi connectivity index (χ3n) is 14.4. The Kier molecular flexibility index (Phi) is 13.7. The molecular formula is C67H36F12N6. The molecule has 0 spiro atoms. The van der Waals surface area contributed by atoms with E-state index in [-0.39, 0.29) is 84.8 Å². The largest absolute Gasteiger partial charge is 0.417 e. The van der Waals surface area contributed by atoms with Gasteiger partial charge in [-0.3, -0.25) is 0 Å². The maximum atomic E-state index is 15.0. The van der Waals surface area contributed by atoms with E-state index in [0.29, 0.717) is 63.6 Å². The standard InChI is InChI=1S/C67H36F12N6/c68-64(69,70)45-23-25-47(53(33-45)66(74,75)76)43-21-27-59-49(31-43)50-32-44(48-26-24-46(65(71,72)73)34-54(48)67(77,78)79)22-28-60(50)85(59)61-51(58-36-57(41-17-9-3-10-18-41)81-62(84-58)42-19-11-4-12-20-42)29-38(37-80)30-52(61)63-82-55(39-13-5-1-6-14-39)35-56(83-63)40-15-7-2-8-16-40/h1-36H. The number of nitriles is 1. The highest BCUT2D eigenvalue weighted by atomic mass is 19.4. The van der Waals surface area contributed by atoms with Crippen LogP contribution in [-0.2, 0) is 24.7 Å². The van der Waals surface area contributed by atoms with Gasteiger partial charge >= 0.3 is 24.7 Å². The summed E-state index contributed by atoms with van der Waals surface area (Å²) in [5.74, 6) is 0.280. The molecule has 18 heteroatoms. The van der Waals surface area contributed by atoms with E-state index < -0.39 is 58.1 Å². The van der Waals surface area contributed by atoms with Crippen molar-refractivity contribution >= 4 is 21.8 Å². The second-order valence-corrected chi connectivity index (χ2v) is 19.7. The zero-order chi connectivity index (χ0) is 59.6. The van der Waals surface area contributed by atoms with Gasteiger partial charge in [0, 0.05) is 44.2 Å². The zero-order valence-corrected chi connectivity index (χ0v) is 43.5. The number of hydrogen-bond acceptors (Lipinski definition) is 5. The molecule has 0 atom stereocenters. The van der Waals surface area contributed by atoms with Gasteiger partial charge in [0.2, 0.25) is 0 Å². The molecule has 0 radical (unpaired) electrons. The van der Waals surface area contributed by atoms with Gasteiger partial charge < -0.3 is 4.57 Å². The number of aromatic nitrogens is 5. The van der Waals surface area contributed by atoms with E-state index in [1.165, 1.54) is 42.5 Å². The molecule has 0 saturated carbocycles. The highest BCUT2D eigenvalue weighted by molar-refractivity contribution is 6.13. The first kappa shape index (κ1) is 55.1. The van der Waals surface area contributed by atoms with Gasteiger partial charge in [0.1, 0.15) is 0 Å². The predicted molar refractivity (Wildman–Crippen MR) is 300 cm³/mol. The summed E-state index contributed by atoms with van der Waals surface area (Å²) in [7, 11) is 0. The van der Waals surface area contributed by atoms with Gasteiger partial charge in [-0.05, 0) is 95.1 Å². The number of nitrogens with zero attached hydrogens (tertiary/aromatic N) is 6. The summed E-state index contributed by atoms with van der Waals surface area (Å²) in [6.07, 6.45) is -21.0. The summed E-state index contributed by atoms with van der Waals surface area (Å²) in [4.78, 5) is 20.4. The fourth-order valence-electron chi connectivity index (χ4n) is 10.5. The number of alkyl halides is 12. The highest BCUT2D eigenvalue weighted by Gasteiger charge is 2.40. The van der Waals surface area contributed by atoms with Crippen LogP contribution in [0.15, 0.2) is 218 Å². The van der Waals surface area contributed by atoms with E-state index in [4.69, 9.17) is 19.9 Å². The molecule has 85 heavy (non-hydrogen) atoms. The maximum Gasteiger partial charge on any atom is 0.417 e. The minimum absolute atomic E-state index is 0.0120. The topological polar surface area (TPSA) is 80.3 Å². The normalized spacial score (nSPS) is 12.2. The molecule has 0 aliphatic carbocycles. The smallest absolute Gasteiger partial charge is 0.308 e. The number of halogens is 12. The molecule has 0 bridgehead atoms. The lowest BCUT2D eigenvalue weighted by atomic mass is 9.94. The van der Waals surface area contributed by atoms with Crippen molar-refractivity contribution in [1.29, 1.82) is 5.26 Å². The molecule has 3 aromatic heterocycles. The first-order chi connectivity index (χ1) is 40.6. The molecule has 418 valence electrons. The Hall–Kier alpha value is -10.4. The molecule has 9 aromatic carbocycles. The number of rotatable bonds is 9. The lowest BCUT2D eigenvalue weighted by molar-refractivity contribution is -0.144. The van der Waals surface area contributed by atoms with E-state index in [9.17, 15) is 31.6 Å². The monoisotopic (exact) mass is 1150 g/mol. The van der Waals surface area contributed by atoms with Crippen LogP contribution in [0.1, 0.15) is 27.8 Å². The Morgan fingerprint density at radius 3 is 1.09 bits per heavy atom. The van der Waals surface area contributed by atoms with Crippen molar-refractivity contribution in [3.63, 3.8) is 0 Å². The van der Waals surface area contributed by atoms with Crippen molar-refractivity contribution in [3.05, 3.63) is 246 Å². The number of benzene rings is 9. The number of hydrogen-bond donors (Lipinski definition) is 0. The van der Waals surface area contributed by atoms with Gasteiger partial charge in [0.15, 0.2) is 11.6 Å². The summed E-state index contributed by atoms with van der Waals surface area (Å²) in [6.45, 7) is 0. The second-order valence-electron chi connectivity index (χ2n) is 19.7. The van der Waals surface area contributed by atoms with Gasteiger partial charge in [0.05, 0.1) is 73.4 Å². The zero-order valence-electron chi connectivity index (χ0n) is 43.5. The molecule has 3 heterocycles. The lowest BCUT2D eigenvalue weighted by Crippen LogP contribution is -2.12. The van der Waals surface area contributed by atoms with Gasteiger partial charge in [-0.2, -0.15) is 57.9 Å². The summed E-state index contributed by atoms with van der Waals surface area (Å²) < 4.78 is 176. The fourth-order valence-corrected chi connectivity index (χ4v) is 10.5. The van der Waals surface area contributed by atoms with Gasteiger partial charge in [0.25, 0.3) is 0 Å². The Balaban J connectivity index is 1.24. The van der Waals surface area contributed by atoms with Crippen molar-refractivity contribution in [2.75, 3.05) is 0 Å². The minimum atomic E-state index is -5.34. The van der Waals surface area contributed by atoms with E-state index in [0.717, 1.165) is 0 Å². The third kappa shape index (κ3) is 10.7. The van der Waals surface area contributed by atoms with Crippen molar-refractivity contribution in [2.24, 2.45) is 0 Å². The molecule has 6 nitrogen and oxygen atoms in total. The van der Waals surface area contributed by atoms with Crippen LogP contribution < -0.4 is 0 Å². The molecule has 0 fully saturated rings. The Morgan fingerprint density at radius 2 is 0.694 bits per heavy atom. The van der Waals surface area contributed by atoms with E-state index in [1.807, 2.05) is 97.1 Å². The molecule has 0 aliphatic heterocycles. The molecule has 0 amide bonds. The Bertz CT molecular complexity index is 4190. The average molecular weight is 1150 g/mol. The maximum absolute atomic E-state index is 15.0. The summed E-state index contributed by atoms with van der Waals surface area (Å²) >= 11 is 0. The van der Waals surface area contributed by atoms with Crippen LogP contribution in [0, 0.1) is 11.3 Å². The molecule has 0 aliphatic rings. The van der Waals surface area contributed by atoms with Crippen LogP contribution in [0.4, 0.5) is 52.7 Å². The molecular weight excluding hydrogens is 1120 g/mol. The van der Waals surface area contributed by atoms with Crippen molar-refractivity contribution in [3.8, 4) is 102 Å². The average Bonchev–Trinajstić information content (AvgIpc) is 1.86. The van der Waals surface area contributed by atoms with E-state index in [1.54, 1.807) is 47.0 Å². The number of fused-ring (bicyclic) bond motifs is 3. The van der Waals surface area contributed by atoms with Crippen LogP contribution in [0.3, 0.4) is 0 Å². The van der Waals surface area contributed by atoms with Crippen LogP contribution in [0.5, 0.6) is 0 Å². The quantitative estimate of drug-likeness (QED) is 0.135. The van der Waals surface area contributed by atoms with Crippen LogP contribution in [-0.4, -0.2) is 24.5 Å². The first-order valence-corrected chi connectivity index (χ1v) is 25.9. The second kappa shape index (κ2) is 21.1. The van der Waals surface area contributed by atoms with E-state index in [2.05, 4.69) is 6.07 Å². The van der Waals surface area contributed by atoms with Crippen molar-refractivity contribution in [1.82, 2.24) is 24.5 Å². The van der Waals surface area contributed by atoms with Gasteiger partial charge in [-0.25, -0.2) is 19.9 Å². The molecule has 0 unspecified atom stereocenters. The Morgan fingerprint density at radius 1 is 0.318 bits per heavy atom. The van der Waals surface area contributed by atoms with Gasteiger partial charge in [-0.1, -0.05) is 146 Å². The lowest BCUT2D eigenvalue weighted by Gasteiger charge is -2.20. The van der Waals surface area contributed by atoms with Gasteiger partial charge in [-0.15, -0.1) is 0 Å². The molecule has 0 N–H and O–H groups in total. The summed E-state index contributed by atoms with van der Waals surface area (Å²) in [6, 6.07) is 55.3. The summed E-state index contributed by atoms with van der Waals surface area (Å²) in [5.41, 5.74) is -3.28. The fraction of sp³-hybridized carbons (Fsp3) is 0.0597. The van der Waals surface area contributed by atoms with E-state index >= 15 is 26.3 Å². The predicted octanol–water partition coefficient (Wildman–Crippen LogP) is 19.6. The van der Waals surface area contributed by atoms with Crippen molar-refractivity contribution in [2.45, 2.75) is 24.7 Å². The van der Waals surface area contributed by atoms with Crippen LogP contribution in [0.2, 0.25) is 0 Å². The van der Waals surface area contributed by atoms with Crippen LogP contribution >= 0.6 is 0 Å². The third-order valence-corrected chi connectivity index (χ3v) is 14.4. The molecule has 12 rings (SSSR count). The SMILES string of the molecule is N#Cc1cc(-c2cc(-c3ccccc3)nc(-c3ccccc3)n2)c(-n2c3ccc(-c4ccc(C(F)(F)F)cc4C(F)(F)F)cc3c3cc(-c4ccc(C(F)(F)F)cc4C(F)(F)F)ccc32)c(-c2nc(-c3ccccc3)cc(-c3ccccc3)n2)c1. The minimum Gasteiger partial charge on any atom is -0.308 e. The Labute approximate surface area is 475 Å². The molecule has 0 saturated heterocycles. The summed E-state index contributed by atoms with van der Waals surface area (Å²) in [5, 5.41) is 11.1. The highest BCUT2D eigenvalue weighted by Crippen LogP contribution is 2.48. The van der Waals surface area contributed by atoms with Crippen molar-refractivity contribution < 1.29 is 52.7 Å². The molecule has 12 aromatic rings. The first-order valence-electron chi connectivity index (χ1n) is 25.9. The van der Waals surface area contributed by atoms with Crippen LogP contribution in [0.25, 0.3) is 118 Å².